The van der Waals surface area contributed by atoms with Crippen molar-refractivity contribution in [3.8, 4) is 0 Å². The summed E-state index contributed by atoms with van der Waals surface area (Å²) in [7, 11) is 0. The average molecular weight is 903 g/mol. The van der Waals surface area contributed by atoms with Crippen molar-refractivity contribution in [2.24, 2.45) is 0 Å². The van der Waals surface area contributed by atoms with Crippen LogP contribution < -0.4 is 5.32 Å². The first-order valence-electron chi connectivity index (χ1n) is 29.9. The van der Waals surface area contributed by atoms with E-state index in [1.54, 1.807) is 6.08 Å². The molecule has 0 rings (SSSR count). The van der Waals surface area contributed by atoms with E-state index < -0.39 is 12.1 Å². The highest BCUT2D eigenvalue weighted by atomic mass is 16.3. The molecular formula is C60H119NO3. The van der Waals surface area contributed by atoms with Gasteiger partial charge in [0.1, 0.15) is 0 Å². The fourth-order valence-corrected chi connectivity index (χ4v) is 9.71. The van der Waals surface area contributed by atoms with Gasteiger partial charge in [0.05, 0.1) is 18.8 Å². The number of unbranched alkanes of at least 4 members (excludes halogenated alkanes) is 49. The Balaban J connectivity index is 3.39. The van der Waals surface area contributed by atoms with Gasteiger partial charge in [-0.15, -0.1) is 0 Å². The van der Waals surface area contributed by atoms with Crippen LogP contribution in [0.1, 0.15) is 348 Å². The van der Waals surface area contributed by atoms with Crippen LogP contribution in [0, 0.1) is 0 Å². The van der Waals surface area contributed by atoms with Crippen LogP contribution in [-0.2, 0) is 4.79 Å². The molecule has 2 unspecified atom stereocenters. The van der Waals surface area contributed by atoms with Crippen LogP contribution in [0.5, 0.6) is 0 Å². The Morgan fingerprint density at radius 3 is 0.812 bits per heavy atom. The fraction of sp³-hybridized carbons (Fsp3) is 0.950. The normalized spacial score (nSPS) is 12.8. The van der Waals surface area contributed by atoms with E-state index in [0.29, 0.717) is 6.42 Å². The molecule has 0 aliphatic heterocycles. The van der Waals surface area contributed by atoms with E-state index in [2.05, 4.69) is 19.2 Å². The van der Waals surface area contributed by atoms with E-state index in [9.17, 15) is 15.0 Å². The minimum Gasteiger partial charge on any atom is -0.394 e. The summed E-state index contributed by atoms with van der Waals surface area (Å²) in [6.45, 7) is 4.35. The van der Waals surface area contributed by atoms with Crippen LogP contribution in [-0.4, -0.2) is 34.9 Å². The predicted octanol–water partition coefficient (Wildman–Crippen LogP) is 19.7. The minimum absolute atomic E-state index is 0.0554. The van der Waals surface area contributed by atoms with E-state index in [1.807, 2.05) is 6.08 Å². The van der Waals surface area contributed by atoms with Gasteiger partial charge in [-0.2, -0.15) is 0 Å². The number of carbonyl (C=O) groups excluding carboxylic acids is 1. The van der Waals surface area contributed by atoms with E-state index in [1.165, 1.54) is 302 Å². The van der Waals surface area contributed by atoms with Crippen LogP contribution in [0.15, 0.2) is 12.2 Å². The van der Waals surface area contributed by atoms with Crippen molar-refractivity contribution in [1.82, 2.24) is 5.32 Å². The molecule has 0 radical (unpaired) electrons. The van der Waals surface area contributed by atoms with E-state index in [-0.39, 0.29) is 12.5 Å². The molecule has 2 atom stereocenters. The quantitative estimate of drug-likeness (QED) is 0.0421. The van der Waals surface area contributed by atoms with Gasteiger partial charge < -0.3 is 15.5 Å². The smallest absolute Gasteiger partial charge is 0.220 e. The summed E-state index contributed by atoms with van der Waals surface area (Å²) in [6.07, 6.45) is 74.0. The summed E-state index contributed by atoms with van der Waals surface area (Å²) in [6, 6.07) is -0.618. The number of hydrogen-bond donors (Lipinski definition) is 3. The van der Waals surface area contributed by atoms with Crippen molar-refractivity contribution < 1.29 is 15.0 Å². The second kappa shape index (κ2) is 56.5. The monoisotopic (exact) mass is 902 g/mol. The zero-order valence-electron chi connectivity index (χ0n) is 44.1. The van der Waals surface area contributed by atoms with Gasteiger partial charge in [-0.05, 0) is 19.3 Å². The summed E-state index contributed by atoms with van der Waals surface area (Å²) in [5.74, 6) is -0.0554. The molecule has 0 aliphatic rings. The lowest BCUT2D eigenvalue weighted by Gasteiger charge is -2.20. The van der Waals surface area contributed by atoms with Crippen LogP contribution in [0.3, 0.4) is 0 Å². The number of nitrogens with one attached hydrogen (secondary N) is 1. The van der Waals surface area contributed by atoms with Crippen LogP contribution in [0.25, 0.3) is 0 Å². The second-order valence-corrected chi connectivity index (χ2v) is 20.8. The molecule has 64 heavy (non-hydrogen) atoms. The maximum absolute atomic E-state index is 12.5. The number of rotatable bonds is 56. The largest absolute Gasteiger partial charge is 0.394 e. The standard InChI is InChI=1S/C60H119NO3/c1-3-5-7-9-11-13-15-17-19-21-23-24-25-26-27-28-29-30-31-32-33-34-35-36-37-38-40-42-44-46-48-50-52-54-56-60(64)61-58(57-62)59(63)55-53-51-49-47-45-43-41-39-22-20-18-16-14-12-10-8-6-4-2/h53,55,58-59,62-63H,3-52,54,56-57H2,1-2H3,(H,61,64)/b55-53+. The van der Waals surface area contributed by atoms with Crippen LogP contribution in [0.4, 0.5) is 0 Å². The Bertz CT molecular complexity index is 890. The number of aliphatic hydroxyl groups excluding tert-OH is 2. The number of amides is 1. The molecule has 3 N–H and O–H groups in total. The predicted molar refractivity (Wildman–Crippen MR) is 286 cm³/mol. The lowest BCUT2D eigenvalue weighted by molar-refractivity contribution is -0.123. The Morgan fingerprint density at radius 2 is 0.578 bits per heavy atom. The summed E-state index contributed by atoms with van der Waals surface area (Å²) in [5, 5.41) is 23.2. The van der Waals surface area contributed by atoms with Crippen molar-refractivity contribution in [3.63, 3.8) is 0 Å². The molecule has 0 spiro atoms. The van der Waals surface area contributed by atoms with Gasteiger partial charge in [-0.1, -0.05) is 334 Å². The van der Waals surface area contributed by atoms with Gasteiger partial charge in [0.2, 0.25) is 5.91 Å². The lowest BCUT2D eigenvalue weighted by atomic mass is 10.0. The average Bonchev–Trinajstić information content (AvgIpc) is 3.30. The Kier molecular flexibility index (Phi) is 55.7. The zero-order chi connectivity index (χ0) is 46.3. The molecule has 0 saturated heterocycles. The molecule has 0 heterocycles. The molecule has 0 fully saturated rings. The topological polar surface area (TPSA) is 69.6 Å². The SMILES string of the molecule is CCCCCCCCCCCCCCCCCC/C=C/C(O)C(CO)NC(=O)CCCCCCCCCCCCCCCCCCCCCCCCCCCCCCCCCCCC. The second-order valence-electron chi connectivity index (χ2n) is 20.8. The Morgan fingerprint density at radius 1 is 0.359 bits per heavy atom. The highest BCUT2D eigenvalue weighted by molar-refractivity contribution is 5.76. The Labute approximate surface area is 403 Å². The van der Waals surface area contributed by atoms with Crippen molar-refractivity contribution in [2.75, 3.05) is 6.61 Å². The fourth-order valence-electron chi connectivity index (χ4n) is 9.71. The molecule has 0 aromatic heterocycles. The highest BCUT2D eigenvalue weighted by Crippen LogP contribution is 2.18. The molecule has 4 nitrogen and oxygen atoms in total. The van der Waals surface area contributed by atoms with Gasteiger partial charge in [0.25, 0.3) is 0 Å². The van der Waals surface area contributed by atoms with E-state index in [4.69, 9.17) is 0 Å². The van der Waals surface area contributed by atoms with Gasteiger partial charge in [0.15, 0.2) is 0 Å². The van der Waals surface area contributed by atoms with Crippen molar-refractivity contribution in [3.05, 3.63) is 12.2 Å². The van der Waals surface area contributed by atoms with Crippen LogP contribution in [0.2, 0.25) is 0 Å². The third kappa shape index (κ3) is 52.1. The molecular weight excluding hydrogens is 783 g/mol. The summed E-state index contributed by atoms with van der Waals surface area (Å²) >= 11 is 0. The first kappa shape index (κ1) is 63.1. The molecule has 0 saturated carbocycles. The Hall–Kier alpha value is -0.870. The zero-order valence-corrected chi connectivity index (χ0v) is 44.1. The molecule has 0 aromatic rings. The number of allylic oxidation sites excluding steroid dienone is 1. The molecule has 4 heteroatoms. The van der Waals surface area contributed by atoms with Crippen LogP contribution >= 0.6 is 0 Å². The molecule has 0 aliphatic carbocycles. The molecule has 0 aromatic carbocycles. The summed E-state index contributed by atoms with van der Waals surface area (Å²) in [5.41, 5.74) is 0. The van der Waals surface area contributed by atoms with E-state index >= 15 is 0 Å². The van der Waals surface area contributed by atoms with Gasteiger partial charge in [0, 0.05) is 6.42 Å². The molecule has 382 valence electrons. The first-order chi connectivity index (χ1) is 31.7. The van der Waals surface area contributed by atoms with Crippen molar-refractivity contribution >= 4 is 5.91 Å². The lowest BCUT2D eigenvalue weighted by Crippen LogP contribution is -2.45. The first-order valence-corrected chi connectivity index (χ1v) is 29.9. The van der Waals surface area contributed by atoms with Crippen molar-refractivity contribution in [2.45, 2.75) is 360 Å². The van der Waals surface area contributed by atoms with Crippen molar-refractivity contribution in [1.29, 1.82) is 0 Å². The van der Waals surface area contributed by atoms with Gasteiger partial charge >= 0.3 is 0 Å². The number of aliphatic hydroxyl groups is 2. The maximum atomic E-state index is 12.5. The van der Waals surface area contributed by atoms with E-state index in [0.717, 1.165) is 25.7 Å². The third-order valence-corrected chi connectivity index (χ3v) is 14.3. The molecule has 0 bridgehead atoms. The maximum Gasteiger partial charge on any atom is 0.220 e. The number of hydrogen-bond acceptors (Lipinski definition) is 3. The van der Waals surface area contributed by atoms with Gasteiger partial charge in [-0.25, -0.2) is 0 Å². The third-order valence-electron chi connectivity index (χ3n) is 14.3. The minimum atomic E-state index is -0.835. The number of carbonyl (C=O) groups is 1. The van der Waals surface area contributed by atoms with Gasteiger partial charge in [-0.3, -0.25) is 4.79 Å². The summed E-state index contributed by atoms with van der Waals surface area (Å²) in [4.78, 5) is 12.5. The molecule has 1 amide bonds. The highest BCUT2D eigenvalue weighted by Gasteiger charge is 2.18. The summed E-state index contributed by atoms with van der Waals surface area (Å²) < 4.78 is 0.